The molecule has 8 nitrogen and oxygen atoms in total. The Morgan fingerprint density at radius 1 is 1.31 bits per heavy atom. The number of rotatable bonds is 6. The van der Waals surface area contributed by atoms with Crippen LogP contribution < -0.4 is 15.1 Å². The normalized spacial score (nSPS) is 11.2. The van der Waals surface area contributed by atoms with Gasteiger partial charge in [0, 0.05) is 17.8 Å². The van der Waals surface area contributed by atoms with E-state index in [1.54, 1.807) is 46.4 Å². The number of nitrogens with one attached hydrogen (secondary N) is 1. The van der Waals surface area contributed by atoms with Crippen LogP contribution in [0.5, 0.6) is 5.75 Å². The molecule has 0 bridgehead atoms. The van der Waals surface area contributed by atoms with Crippen LogP contribution in [0, 0.1) is 0 Å². The lowest BCUT2D eigenvalue weighted by Gasteiger charge is -2.20. The lowest BCUT2D eigenvalue weighted by atomic mass is 10.1. The van der Waals surface area contributed by atoms with Crippen LogP contribution in [0.2, 0.25) is 0 Å². The number of pyridine rings is 1. The Morgan fingerprint density at radius 3 is 2.79 bits per heavy atom. The number of aromatic nitrogens is 2. The topological polar surface area (TPSA) is 85.2 Å². The highest BCUT2D eigenvalue weighted by Crippen LogP contribution is 2.27. The second-order valence-corrected chi connectivity index (χ2v) is 5.76. The van der Waals surface area contributed by atoms with Crippen LogP contribution in [0.1, 0.15) is 0 Å². The van der Waals surface area contributed by atoms with Gasteiger partial charge in [-0.1, -0.05) is 12.1 Å². The number of hydrogen-bond acceptors (Lipinski definition) is 5. The third-order valence-electron chi connectivity index (χ3n) is 3.87. The van der Waals surface area contributed by atoms with E-state index < -0.39 is 18.8 Å². The van der Waals surface area contributed by atoms with E-state index in [1.165, 1.54) is 19.2 Å². The number of nitrogens with zero attached hydrogens (tertiary/aromatic N) is 3. The van der Waals surface area contributed by atoms with Crippen molar-refractivity contribution in [3.8, 4) is 17.0 Å². The minimum Gasteiger partial charge on any atom is -0.497 e. The van der Waals surface area contributed by atoms with E-state index in [0.717, 1.165) is 0 Å². The first-order valence-corrected chi connectivity index (χ1v) is 8.19. The van der Waals surface area contributed by atoms with Crippen LogP contribution in [-0.4, -0.2) is 41.7 Å². The number of ether oxygens (including phenoxy) is 1. The summed E-state index contributed by atoms with van der Waals surface area (Å²) in [7, 11) is 1.53. The number of amides is 2. The molecular formula is C18H15F3N4O4. The molecule has 29 heavy (non-hydrogen) atoms. The number of hydrogen-bond donors (Lipinski definition) is 1. The number of carbonyl (C=O) groups is 2. The van der Waals surface area contributed by atoms with Crippen molar-refractivity contribution in [2.24, 2.45) is 0 Å². The third-order valence-corrected chi connectivity index (χ3v) is 3.87. The van der Waals surface area contributed by atoms with Crippen LogP contribution >= 0.6 is 0 Å². The Bertz CT molecular complexity index is 1040. The van der Waals surface area contributed by atoms with Crippen LogP contribution in [0.25, 0.3) is 16.9 Å². The fourth-order valence-corrected chi connectivity index (χ4v) is 2.61. The largest absolute Gasteiger partial charge is 0.497 e. The maximum absolute atomic E-state index is 12.4. The van der Waals surface area contributed by atoms with Gasteiger partial charge >= 0.3 is 18.7 Å². The summed E-state index contributed by atoms with van der Waals surface area (Å²) in [5.41, 5.74) is 1.89. The first-order valence-electron chi connectivity index (χ1n) is 8.19. The Balaban J connectivity index is 1.93. The maximum atomic E-state index is 12.4. The molecule has 1 aromatic carbocycles. The summed E-state index contributed by atoms with van der Waals surface area (Å²) in [5.74, 6) is 0.621. The van der Waals surface area contributed by atoms with E-state index in [0.29, 0.717) is 27.7 Å². The minimum absolute atomic E-state index is 0.0535. The van der Waals surface area contributed by atoms with Gasteiger partial charge in [0.2, 0.25) is 0 Å². The molecule has 0 aliphatic rings. The van der Waals surface area contributed by atoms with Crippen molar-refractivity contribution in [1.82, 2.24) is 14.7 Å². The smallest absolute Gasteiger partial charge is 0.405 e. The molecule has 2 heterocycles. The first-order chi connectivity index (χ1) is 13.8. The van der Waals surface area contributed by atoms with Gasteiger partial charge in [0.15, 0.2) is 0 Å². The van der Waals surface area contributed by atoms with Crippen LogP contribution in [-0.2, 0) is 9.63 Å². The fourth-order valence-electron chi connectivity index (χ4n) is 2.61. The van der Waals surface area contributed by atoms with Gasteiger partial charge in [-0.2, -0.15) is 13.2 Å². The number of alkyl halides is 3. The first kappa shape index (κ1) is 20.0. The Kier molecular flexibility index (Phi) is 5.57. The number of benzene rings is 1. The summed E-state index contributed by atoms with van der Waals surface area (Å²) in [4.78, 5) is 31.7. The van der Waals surface area contributed by atoms with E-state index in [1.807, 2.05) is 0 Å². The van der Waals surface area contributed by atoms with Gasteiger partial charge < -0.3 is 14.9 Å². The molecule has 3 aromatic rings. The minimum atomic E-state index is -4.61. The maximum Gasteiger partial charge on any atom is 0.405 e. The summed E-state index contributed by atoms with van der Waals surface area (Å²) in [5, 5.41) is 2.09. The summed E-state index contributed by atoms with van der Waals surface area (Å²) >= 11 is 0. The van der Waals surface area contributed by atoms with Crippen molar-refractivity contribution < 1.29 is 32.3 Å². The predicted octanol–water partition coefficient (Wildman–Crippen LogP) is 3.18. The average Bonchev–Trinajstić information content (AvgIpc) is 3.13. The number of halogens is 3. The zero-order valence-corrected chi connectivity index (χ0v) is 15.0. The Labute approximate surface area is 162 Å². The number of carbonyl (C=O) groups excluding carboxylic acids is 2. The second kappa shape index (κ2) is 8.09. The van der Waals surface area contributed by atoms with Crippen molar-refractivity contribution in [3.63, 3.8) is 0 Å². The van der Waals surface area contributed by atoms with E-state index in [2.05, 4.69) is 9.82 Å². The molecule has 0 saturated heterocycles. The Morgan fingerprint density at radius 2 is 2.10 bits per heavy atom. The monoisotopic (exact) mass is 408 g/mol. The number of methoxy groups -OCH3 is 1. The molecule has 0 unspecified atom stereocenters. The fraction of sp³-hybridized carbons (Fsp3) is 0.167. The van der Waals surface area contributed by atoms with Crippen LogP contribution in [0.15, 0.2) is 48.8 Å². The molecule has 0 saturated carbocycles. The predicted molar refractivity (Wildman–Crippen MR) is 96.3 cm³/mol. The summed E-state index contributed by atoms with van der Waals surface area (Å²) in [6, 6.07) is 8.37. The van der Waals surface area contributed by atoms with Gasteiger partial charge in [0.25, 0.3) is 0 Å². The molecule has 0 atom stereocenters. The van der Waals surface area contributed by atoms with E-state index in [-0.39, 0.29) is 12.2 Å². The van der Waals surface area contributed by atoms with Crippen LogP contribution in [0.4, 0.5) is 23.7 Å². The summed E-state index contributed by atoms with van der Waals surface area (Å²) < 4.78 is 44.0. The molecular weight excluding hydrogens is 393 g/mol. The highest BCUT2D eigenvalue weighted by atomic mass is 19.4. The highest BCUT2D eigenvalue weighted by Gasteiger charge is 2.30. The van der Waals surface area contributed by atoms with Gasteiger partial charge in [-0.05, 0) is 18.2 Å². The molecule has 11 heteroatoms. The SMILES string of the molecule is COc1ccn2c(-c3cccc(N(OC=O)C(=O)NCC(F)(F)F)c3)cnc2c1. The molecule has 3 rings (SSSR count). The lowest BCUT2D eigenvalue weighted by Crippen LogP contribution is -2.43. The number of hydroxylamine groups is 1. The van der Waals surface area contributed by atoms with Crippen molar-refractivity contribution in [2.45, 2.75) is 6.18 Å². The van der Waals surface area contributed by atoms with Crippen molar-refractivity contribution in [2.75, 3.05) is 18.7 Å². The van der Waals surface area contributed by atoms with Gasteiger partial charge in [-0.15, -0.1) is 5.06 Å². The van der Waals surface area contributed by atoms with Gasteiger partial charge in [0.1, 0.15) is 17.9 Å². The van der Waals surface area contributed by atoms with Crippen LogP contribution in [0.3, 0.4) is 0 Å². The second-order valence-electron chi connectivity index (χ2n) is 5.76. The lowest BCUT2D eigenvalue weighted by molar-refractivity contribution is -0.129. The zero-order valence-electron chi connectivity index (χ0n) is 15.0. The molecule has 152 valence electrons. The quantitative estimate of drug-likeness (QED) is 0.500. The molecule has 0 aliphatic heterocycles. The number of urea groups is 1. The molecule has 2 aromatic heterocycles. The number of anilines is 1. The van der Waals surface area contributed by atoms with Crippen molar-refractivity contribution in [1.29, 1.82) is 0 Å². The standard InChI is InChI=1S/C18H15F3N4O4/c1-28-14-5-6-24-15(9-22-16(24)8-14)12-3-2-4-13(7-12)25(29-11-26)17(27)23-10-18(19,20)21/h2-9,11H,10H2,1H3,(H,23,27). The number of fused-ring (bicyclic) bond motifs is 1. The summed E-state index contributed by atoms with van der Waals surface area (Å²) in [6.45, 7) is -1.63. The molecule has 2 amide bonds. The number of imidazole rings is 1. The van der Waals surface area contributed by atoms with E-state index >= 15 is 0 Å². The molecule has 1 N–H and O–H groups in total. The van der Waals surface area contributed by atoms with Gasteiger partial charge in [0.05, 0.1) is 24.7 Å². The summed E-state index contributed by atoms with van der Waals surface area (Å²) in [6.07, 6.45) is -1.29. The average molecular weight is 408 g/mol. The molecule has 0 radical (unpaired) electrons. The zero-order chi connectivity index (χ0) is 21.0. The highest BCUT2D eigenvalue weighted by molar-refractivity contribution is 5.91. The molecule has 0 spiro atoms. The molecule has 0 aliphatic carbocycles. The molecule has 0 fully saturated rings. The van der Waals surface area contributed by atoms with E-state index in [4.69, 9.17) is 4.74 Å². The van der Waals surface area contributed by atoms with Gasteiger partial charge in [-0.3, -0.25) is 9.20 Å². The van der Waals surface area contributed by atoms with E-state index in [9.17, 15) is 22.8 Å². The third kappa shape index (κ3) is 4.57. The Hall–Kier alpha value is -3.76. The van der Waals surface area contributed by atoms with Gasteiger partial charge in [-0.25, -0.2) is 9.78 Å². The van der Waals surface area contributed by atoms with Crippen molar-refractivity contribution >= 4 is 23.8 Å². The van der Waals surface area contributed by atoms with Crippen molar-refractivity contribution in [3.05, 3.63) is 48.8 Å².